The van der Waals surface area contributed by atoms with E-state index in [4.69, 9.17) is 0 Å². The molecule has 0 saturated carbocycles. The van der Waals surface area contributed by atoms with Gasteiger partial charge in [0.1, 0.15) is 6.54 Å². The minimum Gasteiger partial charge on any atom is -0.322 e. The summed E-state index contributed by atoms with van der Waals surface area (Å²) in [4.78, 5) is 25.3. The highest BCUT2D eigenvalue weighted by Gasteiger charge is 2.20. The highest BCUT2D eigenvalue weighted by Crippen LogP contribution is 2.24. The van der Waals surface area contributed by atoms with Gasteiger partial charge in [-0.05, 0) is 43.2 Å². The summed E-state index contributed by atoms with van der Waals surface area (Å²) in [7, 11) is 0. The fourth-order valence-corrected chi connectivity index (χ4v) is 2.35. The van der Waals surface area contributed by atoms with Crippen molar-refractivity contribution in [3.63, 3.8) is 0 Å². The third kappa shape index (κ3) is 3.99. The predicted octanol–water partition coefficient (Wildman–Crippen LogP) is 3.71. The lowest BCUT2D eigenvalue weighted by atomic mass is 10.1. The van der Waals surface area contributed by atoms with E-state index in [9.17, 15) is 22.8 Å². The third-order valence-corrected chi connectivity index (χ3v) is 3.86. The zero-order chi connectivity index (χ0) is 18.7. The number of anilines is 2. The summed E-state index contributed by atoms with van der Waals surface area (Å²) >= 11 is 0. The number of hydrogen-bond donors (Lipinski definition) is 1. The van der Waals surface area contributed by atoms with Crippen LogP contribution in [0, 0.1) is 31.3 Å². The van der Waals surface area contributed by atoms with E-state index >= 15 is 0 Å². The Labute approximate surface area is 143 Å². The molecule has 4 nitrogen and oxygen atoms in total. The highest BCUT2D eigenvalue weighted by atomic mass is 19.2. The van der Waals surface area contributed by atoms with Gasteiger partial charge in [0.2, 0.25) is 11.8 Å². The summed E-state index contributed by atoms with van der Waals surface area (Å²) in [5.41, 5.74) is 1.82. The van der Waals surface area contributed by atoms with E-state index in [-0.39, 0.29) is 5.91 Å². The molecule has 2 aromatic carbocycles. The molecule has 2 amide bonds. The lowest BCUT2D eigenvalue weighted by molar-refractivity contribution is -0.120. The summed E-state index contributed by atoms with van der Waals surface area (Å²) < 4.78 is 39.8. The first-order chi connectivity index (χ1) is 11.7. The average Bonchev–Trinajstić information content (AvgIpc) is 2.56. The van der Waals surface area contributed by atoms with Gasteiger partial charge in [-0.1, -0.05) is 12.1 Å². The normalized spacial score (nSPS) is 10.5. The Morgan fingerprint density at radius 3 is 2.36 bits per heavy atom. The van der Waals surface area contributed by atoms with Crippen LogP contribution in [0.3, 0.4) is 0 Å². The van der Waals surface area contributed by atoms with Crippen molar-refractivity contribution in [1.82, 2.24) is 0 Å². The number of amides is 2. The van der Waals surface area contributed by atoms with Gasteiger partial charge in [0, 0.05) is 12.6 Å². The number of nitrogens with zero attached hydrogens (tertiary/aromatic N) is 1. The van der Waals surface area contributed by atoms with E-state index in [1.165, 1.54) is 11.8 Å². The second kappa shape index (κ2) is 7.38. The molecule has 0 aromatic heterocycles. The van der Waals surface area contributed by atoms with Crippen LogP contribution in [0.25, 0.3) is 0 Å². The molecule has 1 N–H and O–H groups in total. The van der Waals surface area contributed by atoms with Crippen LogP contribution in [-0.4, -0.2) is 18.4 Å². The van der Waals surface area contributed by atoms with Gasteiger partial charge in [-0.25, -0.2) is 13.2 Å². The Balaban J connectivity index is 2.23. The van der Waals surface area contributed by atoms with Crippen molar-refractivity contribution in [2.75, 3.05) is 16.8 Å². The standard InChI is InChI=1S/C18H17F3N2O2/c1-10-5-4-6-15(11(10)2)23(12(3)24)9-16(25)22-14-8-7-13(19)17(20)18(14)21/h4-8H,9H2,1-3H3,(H,22,25). The molecule has 0 radical (unpaired) electrons. The van der Waals surface area contributed by atoms with E-state index < -0.39 is 35.6 Å². The molecule has 7 heteroatoms. The monoisotopic (exact) mass is 350 g/mol. The minimum absolute atomic E-state index is 0.380. The quantitative estimate of drug-likeness (QED) is 0.855. The molecule has 2 rings (SSSR count). The molecule has 2 aromatic rings. The van der Waals surface area contributed by atoms with Gasteiger partial charge >= 0.3 is 0 Å². The van der Waals surface area contributed by atoms with Crippen LogP contribution in [0.1, 0.15) is 18.1 Å². The average molecular weight is 350 g/mol. The molecule has 0 aliphatic rings. The number of carbonyl (C=O) groups excluding carboxylic acids is 2. The van der Waals surface area contributed by atoms with Gasteiger partial charge in [0.15, 0.2) is 17.5 Å². The first kappa shape index (κ1) is 18.5. The predicted molar refractivity (Wildman–Crippen MR) is 88.9 cm³/mol. The molecule has 0 bridgehead atoms. The van der Waals surface area contributed by atoms with Gasteiger partial charge in [-0.2, -0.15) is 0 Å². The molecule has 132 valence electrons. The molecular formula is C18H17F3N2O2. The Kier molecular flexibility index (Phi) is 5.46. The Hall–Kier alpha value is -2.83. The Morgan fingerprint density at radius 1 is 1.04 bits per heavy atom. The number of aryl methyl sites for hydroxylation is 1. The topological polar surface area (TPSA) is 49.4 Å². The summed E-state index contributed by atoms with van der Waals surface area (Å²) in [5, 5.41) is 2.15. The third-order valence-electron chi connectivity index (χ3n) is 3.86. The SMILES string of the molecule is CC(=O)N(CC(=O)Nc1ccc(F)c(F)c1F)c1cccc(C)c1C. The molecule has 0 atom stereocenters. The van der Waals surface area contributed by atoms with Crippen LogP contribution in [0.15, 0.2) is 30.3 Å². The van der Waals surface area contributed by atoms with Crippen LogP contribution in [-0.2, 0) is 9.59 Å². The number of hydrogen-bond acceptors (Lipinski definition) is 2. The van der Waals surface area contributed by atoms with Gasteiger partial charge in [-0.15, -0.1) is 0 Å². The molecule has 0 aliphatic carbocycles. The van der Waals surface area contributed by atoms with Gasteiger partial charge in [-0.3, -0.25) is 9.59 Å². The minimum atomic E-state index is -1.67. The van der Waals surface area contributed by atoms with E-state index in [1.807, 2.05) is 19.9 Å². The number of halogens is 3. The summed E-state index contributed by atoms with van der Waals surface area (Å²) in [6, 6.07) is 6.94. The highest BCUT2D eigenvalue weighted by molar-refractivity contribution is 6.02. The Morgan fingerprint density at radius 2 is 1.72 bits per heavy atom. The van der Waals surface area contributed by atoms with E-state index in [2.05, 4.69) is 5.32 Å². The zero-order valence-corrected chi connectivity index (χ0v) is 14.0. The second-order valence-corrected chi connectivity index (χ2v) is 5.60. The van der Waals surface area contributed by atoms with Crippen molar-refractivity contribution in [2.45, 2.75) is 20.8 Å². The maximum absolute atomic E-state index is 13.6. The summed E-state index contributed by atoms with van der Waals surface area (Å²) in [6.45, 7) is 4.59. The maximum Gasteiger partial charge on any atom is 0.244 e. The first-order valence-corrected chi connectivity index (χ1v) is 7.50. The van der Waals surface area contributed by atoms with Crippen molar-refractivity contribution < 1.29 is 22.8 Å². The fraction of sp³-hybridized carbons (Fsp3) is 0.222. The van der Waals surface area contributed by atoms with Gasteiger partial charge in [0.25, 0.3) is 0 Å². The number of rotatable bonds is 4. The lowest BCUT2D eigenvalue weighted by Crippen LogP contribution is -2.37. The first-order valence-electron chi connectivity index (χ1n) is 7.50. The zero-order valence-electron chi connectivity index (χ0n) is 14.0. The molecule has 0 spiro atoms. The molecule has 0 unspecified atom stereocenters. The van der Waals surface area contributed by atoms with Crippen molar-refractivity contribution in [2.24, 2.45) is 0 Å². The molecule has 0 saturated heterocycles. The summed E-state index contributed by atoms with van der Waals surface area (Å²) in [5.74, 6) is -5.63. The van der Waals surface area contributed by atoms with Gasteiger partial charge in [0.05, 0.1) is 5.69 Å². The number of carbonyl (C=O) groups is 2. The largest absolute Gasteiger partial charge is 0.322 e. The fourth-order valence-electron chi connectivity index (χ4n) is 2.35. The molecule has 0 aliphatic heterocycles. The summed E-state index contributed by atoms with van der Waals surface area (Å²) in [6.07, 6.45) is 0. The number of nitrogens with one attached hydrogen (secondary N) is 1. The molecule has 25 heavy (non-hydrogen) atoms. The number of benzene rings is 2. The van der Waals surface area contributed by atoms with E-state index in [1.54, 1.807) is 12.1 Å². The van der Waals surface area contributed by atoms with E-state index in [0.717, 1.165) is 17.2 Å². The molecular weight excluding hydrogens is 333 g/mol. The molecule has 0 heterocycles. The maximum atomic E-state index is 13.6. The Bertz CT molecular complexity index is 837. The van der Waals surface area contributed by atoms with Crippen molar-refractivity contribution >= 4 is 23.2 Å². The van der Waals surface area contributed by atoms with E-state index in [0.29, 0.717) is 11.8 Å². The smallest absolute Gasteiger partial charge is 0.244 e. The van der Waals surface area contributed by atoms with Crippen molar-refractivity contribution in [3.05, 3.63) is 58.9 Å². The lowest BCUT2D eigenvalue weighted by Gasteiger charge is -2.23. The van der Waals surface area contributed by atoms with Crippen LogP contribution >= 0.6 is 0 Å². The van der Waals surface area contributed by atoms with Crippen molar-refractivity contribution in [3.8, 4) is 0 Å². The van der Waals surface area contributed by atoms with Crippen LogP contribution in [0.4, 0.5) is 24.5 Å². The second-order valence-electron chi connectivity index (χ2n) is 5.60. The van der Waals surface area contributed by atoms with Crippen LogP contribution in [0.5, 0.6) is 0 Å². The van der Waals surface area contributed by atoms with Crippen molar-refractivity contribution in [1.29, 1.82) is 0 Å². The van der Waals surface area contributed by atoms with Crippen LogP contribution in [0.2, 0.25) is 0 Å². The van der Waals surface area contributed by atoms with Gasteiger partial charge < -0.3 is 10.2 Å². The molecule has 0 fully saturated rings. The van der Waals surface area contributed by atoms with Crippen LogP contribution < -0.4 is 10.2 Å².